The molecule has 1 fully saturated rings. The second kappa shape index (κ2) is 11.1. The number of nitrogens with one attached hydrogen (secondary N) is 1. The largest absolute Gasteiger partial charge is 0.494 e. The van der Waals surface area contributed by atoms with Crippen LogP contribution in [0.1, 0.15) is 38.2 Å². The van der Waals surface area contributed by atoms with E-state index in [0.29, 0.717) is 5.92 Å². The van der Waals surface area contributed by atoms with Crippen molar-refractivity contribution < 1.29 is 4.74 Å². The van der Waals surface area contributed by atoms with Crippen LogP contribution in [0.5, 0.6) is 5.75 Å². The van der Waals surface area contributed by atoms with Crippen LogP contribution in [-0.2, 0) is 0 Å². The average molecular weight is 375 g/mol. The maximum atomic E-state index is 6.11. The number of hydrogen-bond acceptors (Lipinski definition) is 3. The van der Waals surface area contributed by atoms with E-state index in [2.05, 4.69) is 22.3 Å². The minimum absolute atomic E-state index is 0.610. The highest BCUT2D eigenvalue weighted by molar-refractivity contribution is 6.30. The van der Waals surface area contributed by atoms with E-state index in [1.165, 1.54) is 12.0 Å². The molecule has 142 valence electrons. The fourth-order valence-corrected chi connectivity index (χ4v) is 3.46. The van der Waals surface area contributed by atoms with Crippen molar-refractivity contribution in [3.8, 4) is 5.75 Å². The van der Waals surface area contributed by atoms with Gasteiger partial charge in [-0.3, -0.25) is 0 Å². The van der Waals surface area contributed by atoms with Crippen molar-refractivity contribution in [3.05, 3.63) is 59.1 Å². The van der Waals surface area contributed by atoms with E-state index in [9.17, 15) is 0 Å². The Kier molecular flexibility index (Phi) is 8.79. The first-order chi connectivity index (χ1) is 12.7. The van der Waals surface area contributed by atoms with Crippen molar-refractivity contribution >= 4 is 17.3 Å². The van der Waals surface area contributed by atoms with Gasteiger partial charge >= 0.3 is 0 Å². The lowest BCUT2D eigenvalue weighted by atomic mass is 9.99. The molecule has 0 amide bonds. The van der Waals surface area contributed by atoms with Crippen LogP contribution in [-0.4, -0.2) is 38.2 Å². The zero-order valence-corrected chi connectivity index (χ0v) is 16.9. The molecule has 3 rings (SSSR count). The Morgan fingerprint density at radius 3 is 2.62 bits per heavy atom. The van der Waals surface area contributed by atoms with Gasteiger partial charge in [-0.25, -0.2) is 0 Å². The zero-order chi connectivity index (χ0) is 18.8. The van der Waals surface area contributed by atoms with Crippen LogP contribution < -0.4 is 10.1 Å². The van der Waals surface area contributed by atoms with Gasteiger partial charge < -0.3 is 15.0 Å². The summed E-state index contributed by atoms with van der Waals surface area (Å²) in [6, 6.07) is 16.4. The van der Waals surface area contributed by atoms with E-state index >= 15 is 0 Å². The maximum Gasteiger partial charge on any atom is 0.119 e. The number of rotatable bonds is 7. The maximum absolute atomic E-state index is 6.11. The van der Waals surface area contributed by atoms with Crippen molar-refractivity contribution in [1.82, 2.24) is 4.90 Å². The molecule has 3 nitrogen and oxygen atoms in total. The fourth-order valence-electron chi connectivity index (χ4n) is 3.26. The van der Waals surface area contributed by atoms with Gasteiger partial charge in [-0.2, -0.15) is 0 Å². The summed E-state index contributed by atoms with van der Waals surface area (Å²) in [5, 5.41) is 3.95. The Morgan fingerprint density at radius 2 is 1.92 bits per heavy atom. The van der Waals surface area contributed by atoms with Gasteiger partial charge in [-0.1, -0.05) is 37.6 Å². The summed E-state index contributed by atoms with van der Waals surface area (Å²) in [5.74, 6) is 1.55. The number of halogens is 1. The second-order valence-corrected chi connectivity index (χ2v) is 6.75. The Balaban J connectivity index is 0.00000117. The monoisotopic (exact) mass is 374 g/mol. The van der Waals surface area contributed by atoms with Crippen LogP contribution in [0.15, 0.2) is 48.5 Å². The predicted molar refractivity (Wildman–Crippen MR) is 113 cm³/mol. The fraction of sp³-hybridized carbons (Fsp3) is 0.455. The number of hydrogen-bond donors (Lipinski definition) is 1. The molecule has 0 spiro atoms. The highest BCUT2D eigenvalue weighted by Crippen LogP contribution is 2.28. The molecular weight excluding hydrogens is 344 g/mol. The first kappa shape index (κ1) is 20.6. The third-order valence-corrected chi connectivity index (χ3v) is 4.86. The van der Waals surface area contributed by atoms with Crippen molar-refractivity contribution in [2.24, 2.45) is 0 Å². The molecule has 4 heteroatoms. The van der Waals surface area contributed by atoms with Gasteiger partial charge in [-0.05, 0) is 67.3 Å². The molecule has 1 aliphatic heterocycles. The highest BCUT2D eigenvalue weighted by Gasteiger charge is 2.23. The van der Waals surface area contributed by atoms with Crippen molar-refractivity contribution in [2.75, 3.05) is 38.6 Å². The summed E-state index contributed by atoms with van der Waals surface area (Å²) >= 11 is 6.11. The summed E-state index contributed by atoms with van der Waals surface area (Å²) in [6.45, 7) is 8.13. The van der Waals surface area contributed by atoms with Crippen molar-refractivity contribution in [1.29, 1.82) is 0 Å². The van der Waals surface area contributed by atoms with Gasteiger partial charge in [0, 0.05) is 30.8 Å². The van der Waals surface area contributed by atoms with E-state index in [1.54, 1.807) is 0 Å². The Morgan fingerprint density at radius 1 is 1.15 bits per heavy atom. The normalized spacial score (nSPS) is 16.7. The molecular formula is C22H31ClN2O. The summed E-state index contributed by atoms with van der Waals surface area (Å²) in [7, 11) is 1.92. The van der Waals surface area contributed by atoms with Crippen LogP contribution in [0.4, 0.5) is 5.69 Å². The molecule has 26 heavy (non-hydrogen) atoms. The average Bonchev–Trinajstić information content (AvgIpc) is 3.16. The van der Waals surface area contributed by atoms with Crippen LogP contribution in [0.25, 0.3) is 0 Å². The van der Waals surface area contributed by atoms with E-state index in [0.717, 1.165) is 49.1 Å². The van der Waals surface area contributed by atoms with Gasteiger partial charge in [0.2, 0.25) is 0 Å². The molecule has 0 saturated carbocycles. The minimum Gasteiger partial charge on any atom is -0.494 e. The van der Waals surface area contributed by atoms with Gasteiger partial charge in [-0.15, -0.1) is 0 Å². The zero-order valence-electron chi connectivity index (χ0n) is 16.2. The molecule has 0 bridgehead atoms. The third kappa shape index (κ3) is 6.22. The van der Waals surface area contributed by atoms with Gasteiger partial charge in [0.15, 0.2) is 0 Å². The minimum atomic E-state index is 0.610. The van der Waals surface area contributed by atoms with Gasteiger partial charge in [0.1, 0.15) is 5.75 Å². The number of anilines is 1. The van der Waals surface area contributed by atoms with Crippen LogP contribution in [0.3, 0.4) is 0 Å². The molecule has 0 aromatic heterocycles. The standard InChI is InChI=1S/C20H25ClN2O.C2H6/c1-22-19-6-8-20(9-7-19)24-13-3-11-23-12-10-17(15-23)16-4-2-5-18(21)14-16;1-2/h2,4-9,14,17,22H,3,10-13,15H2,1H3;1-2H3. The van der Waals surface area contributed by atoms with Crippen molar-refractivity contribution in [2.45, 2.75) is 32.6 Å². The molecule has 1 atom stereocenters. The molecule has 0 aliphatic carbocycles. The van der Waals surface area contributed by atoms with E-state index in [-0.39, 0.29) is 0 Å². The lowest BCUT2D eigenvalue weighted by molar-refractivity contribution is 0.262. The van der Waals surface area contributed by atoms with Crippen LogP contribution >= 0.6 is 11.6 Å². The SMILES string of the molecule is CC.CNc1ccc(OCCCN2CCC(c3cccc(Cl)c3)C2)cc1. The summed E-state index contributed by atoms with van der Waals surface area (Å²) in [5.41, 5.74) is 2.47. The first-order valence-electron chi connectivity index (χ1n) is 9.63. The van der Waals surface area contributed by atoms with E-state index in [1.807, 2.05) is 57.3 Å². The topological polar surface area (TPSA) is 24.5 Å². The quantitative estimate of drug-likeness (QED) is 0.632. The van der Waals surface area contributed by atoms with E-state index in [4.69, 9.17) is 16.3 Å². The molecule has 0 radical (unpaired) electrons. The van der Waals surface area contributed by atoms with Gasteiger partial charge in [0.05, 0.1) is 6.61 Å². The molecule has 1 heterocycles. The smallest absolute Gasteiger partial charge is 0.119 e. The van der Waals surface area contributed by atoms with Crippen LogP contribution in [0.2, 0.25) is 5.02 Å². The molecule has 1 saturated heterocycles. The number of ether oxygens (including phenoxy) is 1. The molecule has 1 N–H and O–H groups in total. The second-order valence-electron chi connectivity index (χ2n) is 6.32. The summed E-state index contributed by atoms with van der Waals surface area (Å²) in [4.78, 5) is 2.53. The predicted octanol–water partition coefficient (Wildman–Crippen LogP) is 5.67. The summed E-state index contributed by atoms with van der Waals surface area (Å²) in [6.07, 6.45) is 2.27. The lowest BCUT2D eigenvalue weighted by Gasteiger charge is -2.16. The number of benzene rings is 2. The molecule has 2 aromatic rings. The first-order valence-corrected chi connectivity index (χ1v) is 10.0. The third-order valence-electron chi connectivity index (χ3n) is 4.62. The van der Waals surface area contributed by atoms with Gasteiger partial charge in [0.25, 0.3) is 0 Å². The van der Waals surface area contributed by atoms with Crippen molar-refractivity contribution in [3.63, 3.8) is 0 Å². The summed E-state index contributed by atoms with van der Waals surface area (Å²) < 4.78 is 5.82. The number of nitrogens with zero attached hydrogens (tertiary/aromatic N) is 1. The Bertz CT molecular complexity index is 645. The highest BCUT2D eigenvalue weighted by atomic mass is 35.5. The molecule has 1 aliphatic rings. The Labute approximate surface area is 163 Å². The Hall–Kier alpha value is -1.71. The van der Waals surface area contributed by atoms with Crippen LogP contribution in [0, 0.1) is 0 Å². The molecule has 2 aromatic carbocycles. The number of likely N-dealkylation sites (tertiary alicyclic amines) is 1. The molecule has 1 unspecified atom stereocenters. The van der Waals surface area contributed by atoms with E-state index < -0.39 is 0 Å². The lowest BCUT2D eigenvalue weighted by Crippen LogP contribution is -2.23.